The van der Waals surface area contributed by atoms with E-state index in [9.17, 15) is 0 Å². The van der Waals surface area contributed by atoms with Gasteiger partial charge in [-0.1, -0.05) is 52.3 Å². The molecule has 1 aliphatic heterocycles. The number of nitrogens with zero attached hydrogens (tertiary/aromatic N) is 2. The topological polar surface area (TPSA) is 6.48 Å². The summed E-state index contributed by atoms with van der Waals surface area (Å²) in [5.74, 6) is 0. The molecule has 0 fully saturated rings. The highest BCUT2D eigenvalue weighted by atomic mass is 79.9. The van der Waals surface area contributed by atoms with Crippen molar-refractivity contribution < 1.29 is 0 Å². The quantitative estimate of drug-likeness (QED) is 0.584. The van der Waals surface area contributed by atoms with Crippen LogP contribution in [0.2, 0.25) is 0 Å². The second-order valence-corrected chi connectivity index (χ2v) is 7.11. The van der Waals surface area contributed by atoms with Gasteiger partial charge in [-0.25, -0.2) is 0 Å². The molecule has 2 nitrogen and oxygen atoms in total. The Labute approximate surface area is 145 Å². The lowest BCUT2D eigenvalue weighted by Crippen LogP contribution is -2.26. The number of halogens is 1. The maximum absolute atomic E-state index is 3.63. The molecular formula is C20H19BrN2. The van der Waals surface area contributed by atoms with Crippen LogP contribution in [0, 0.1) is 0 Å². The number of benzene rings is 3. The fraction of sp³-hybridized carbons (Fsp3) is 0.200. The number of hydrogen-bond donors (Lipinski definition) is 0. The average Bonchev–Trinajstić information content (AvgIpc) is 2.73. The molecule has 4 rings (SSSR count). The monoisotopic (exact) mass is 366 g/mol. The summed E-state index contributed by atoms with van der Waals surface area (Å²) in [5, 5.41) is 2.58. The van der Waals surface area contributed by atoms with Crippen LogP contribution >= 0.6 is 15.9 Å². The summed E-state index contributed by atoms with van der Waals surface area (Å²) in [7, 11) is 2.19. The van der Waals surface area contributed by atoms with Crippen LogP contribution in [0.15, 0.2) is 65.1 Å². The van der Waals surface area contributed by atoms with Crippen molar-refractivity contribution in [3.05, 3.63) is 70.7 Å². The molecule has 0 radical (unpaired) electrons. The maximum Gasteiger partial charge on any atom is 0.0468 e. The van der Waals surface area contributed by atoms with E-state index in [4.69, 9.17) is 0 Å². The van der Waals surface area contributed by atoms with Crippen LogP contribution < -0.4 is 4.90 Å². The van der Waals surface area contributed by atoms with E-state index in [-0.39, 0.29) is 0 Å². The summed E-state index contributed by atoms with van der Waals surface area (Å²) in [4.78, 5) is 4.82. The highest BCUT2D eigenvalue weighted by Crippen LogP contribution is 2.34. The molecule has 0 amide bonds. The van der Waals surface area contributed by atoms with Crippen molar-refractivity contribution in [1.82, 2.24) is 4.90 Å². The van der Waals surface area contributed by atoms with Gasteiger partial charge in [-0.05, 0) is 47.6 Å². The predicted octanol–water partition coefficient (Wildman–Crippen LogP) is 5.19. The van der Waals surface area contributed by atoms with E-state index in [0.29, 0.717) is 0 Å². The van der Waals surface area contributed by atoms with E-state index in [2.05, 4.69) is 93.4 Å². The molecule has 0 N–H and O–H groups in total. The first-order chi connectivity index (χ1) is 11.2. The zero-order valence-corrected chi connectivity index (χ0v) is 14.8. The Morgan fingerprint density at radius 2 is 1.70 bits per heavy atom. The summed E-state index contributed by atoms with van der Waals surface area (Å²) >= 11 is 3.63. The first-order valence-electron chi connectivity index (χ1n) is 7.94. The van der Waals surface area contributed by atoms with Gasteiger partial charge in [0.2, 0.25) is 0 Å². The third kappa shape index (κ3) is 2.87. The van der Waals surface area contributed by atoms with Gasteiger partial charge in [0.15, 0.2) is 0 Å². The number of rotatable bonds is 1. The molecule has 0 saturated carbocycles. The minimum atomic E-state index is 0.993. The predicted molar refractivity (Wildman–Crippen MR) is 101 cm³/mol. The van der Waals surface area contributed by atoms with Gasteiger partial charge in [0, 0.05) is 35.5 Å². The number of likely N-dealkylation sites (N-methyl/N-ethyl adjacent to an activating group) is 1. The standard InChI is InChI=1S/C20H19BrN2/c1-22-10-11-23(20-13-18(21)8-6-17(20)14-22)19-9-7-15-4-2-3-5-16(15)12-19/h2-9,12-13H,10-11,14H2,1H3. The number of hydrogen-bond acceptors (Lipinski definition) is 2. The molecule has 0 bridgehead atoms. The second-order valence-electron chi connectivity index (χ2n) is 6.19. The third-order valence-electron chi connectivity index (χ3n) is 4.53. The summed E-state index contributed by atoms with van der Waals surface area (Å²) in [6.45, 7) is 3.05. The van der Waals surface area contributed by atoms with E-state index < -0.39 is 0 Å². The molecule has 0 spiro atoms. The van der Waals surface area contributed by atoms with Crippen LogP contribution in [0.5, 0.6) is 0 Å². The molecule has 23 heavy (non-hydrogen) atoms. The normalized spacial score (nSPS) is 15.5. The minimum absolute atomic E-state index is 0.993. The molecule has 0 aliphatic carbocycles. The van der Waals surface area contributed by atoms with Gasteiger partial charge in [0.25, 0.3) is 0 Å². The van der Waals surface area contributed by atoms with Gasteiger partial charge in [0.1, 0.15) is 0 Å². The van der Waals surface area contributed by atoms with Crippen LogP contribution in [0.1, 0.15) is 5.56 Å². The van der Waals surface area contributed by atoms with Crippen molar-refractivity contribution in [3.63, 3.8) is 0 Å². The van der Waals surface area contributed by atoms with Gasteiger partial charge < -0.3 is 9.80 Å². The van der Waals surface area contributed by atoms with Crippen LogP contribution in [0.25, 0.3) is 10.8 Å². The van der Waals surface area contributed by atoms with Crippen molar-refractivity contribution in [2.24, 2.45) is 0 Å². The molecule has 1 heterocycles. The lowest BCUT2D eigenvalue weighted by molar-refractivity contribution is 0.343. The van der Waals surface area contributed by atoms with Crippen molar-refractivity contribution >= 4 is 38.1 Å². The molecule has 0 unspecified atom stereocenters. The zero-order valence-electron chi connectivity index (χ0n) is 13.2. The van der Waals surface area contributed by atoms with Crippen LogP contribution in [-0.4, -0.2) is 25.0 Å². The Balaban J connectivity index is 1.84. The summed E-state index contributed by atoms with van der Waals surface area (Å²) < 4.78 is 1.13. The molecule has 0 atom stereocenters. The lowest BCUT2D eigenvalue weighted by atomic mass is 10.1. The third-order valence-corrected chi connectivity index (χ3v) is 5.02. The van der Waals surface area contributed by atoms with Gasteiger partial charge >= 0.3 is 0 Å². The van der Waals surface area contributed by atoms with E-state index >= 15 is 0 Å². The minimum Gasteiger partial charge on any atom is -0.340 e. The molecule has 3 aromatic rings. The fourth-order valence-corrected chi connectivity index (χ4v) is 3.64. The SMILES string of the molecule is CN1CCN(c2ccc3ccccc3c2)c2cc(Br)ccc2C1. The smallest absolute Gasteiger partial charge is 0.0468 e. The average molecular weight is 367 g/mol. The Bertz CT molecular complexity index is 859. The highest BCUT2D eigenvalue weighted by molar-refractivity contribution is 9.10. The lowest BCUT2D eigenvalue weighted by Gasteiger charge is -2.25. The van der Waals surface area contributed by atoms with Gasteiger partial charge in [-0.3, -0.25) is 0 Å². The molecule has 1 aliphatic rings. The fourth-order valence-electron chi connectivity index (χ4n) is 3.30. The maximum atomic E-state index is 3.63. The van der Waals surface area contributed by atoms with Crippen molar-refractivity contribution in [3.8, 4) is 0 Å². The first-order valence-corrected chi connectivity index (χ1v) is 8.73. The van der Waals surface area contributed by atoms with Crippen molar-refractivity contribution in [1.29, 1.82) is 0 Å². The van der Waals surface area contributed by atoms with Gasteiger partial charge in [0.05, 0.1) is 0 Å². The summed E-state index contributed by atoms with van der Waals surface area (Å²) in [6, 6.07) is 21.9. The van der Waals surface area contributed by atoms with E-state index in [1.165, 1.54) is 27.7 Å². The second kappa shape index (κ2) is 5.99. The molecule has 0 aromatic heterocycles. The summed E-state index contributed by atoms with van der Waals surface area (Å²) in [6.07, 6.45) is 0. The Hall–Kier alpha value is -1.84. The van der Waals surface area contributed by atoms with Gasteiger partial charge in [-0.15, -0.1) is 0 Å². The van der Waals surface area contributed by atoms with E-state index in [1.807, 2.05) is 0 Å². The van der Waals surface area contributed by atoms with Crippen molar-refractivity contribution in [2.45, 2.75) is 6.54 Å². The molecule has 3 aromatic carbocycles. The largest absolute Gasteiger partial charge is 0.340 e. The summed E-state index contributed by atoms with van der Waals surface area (Å²) in [5.41, 5.74) is 3.94. The number of anilines is 2. The Kier molecular flexibility index (Phi) is 3.83. The van der Waals surface area contributed by atoms with Crippen LogP contribution in [-0.2, 0) is 6.54 Å². The number of fused-ring (bicyclic) bond motifs is 2. The molecule has 116 valence electrons. The zero-order chi connectivity index (χ0) is 15.8. The van der Waals surface area contributed by atoms with E-state index in [0.717, 1.165) is 24.1 Å². The molecule has 3 heteroatoms. The highest BCUT2D eigenvalue weighted by Gasteiger charge is 2.19. The molecule has 0 saturated heterocycles. The Morgan fingerprint density at radius 3 is 2.57 bits per heavy atom. The Morgan fingerprint density at radius 1 is 0.870 bits per heavy atom. The van der Waals surface area contributed by atoms with Crippen molar-refractivity contribution in [2.75, 3.05) is 25.0 Å². The van der Waals surface area contributed by atoms with Crippen LogP contribution in [0.4, 0.5) is 11.4 Å². The first kappa shape index (κ1) is 14.7. The van der Waals surface area contributed by atoms with Crippen LogP contribution in [0.3, 0.4) is 0 Å². The van der Waals surface area contributed by atoms with E-state index in [1.54, 1.807) is 0 Å². The van der Waals surface area contributed by atoms with Gasteiger partial charge in [-0.2, -0.15) is 0 Å². The molecular weight excluding hydrogens is 348 g/mol.